The van der Waals surface area contributed by atoms with Gasteiger partial charge in [-0.25, -0.2) is 9.67 Å². The van der Waals surface area contributed by atoms with Gasteiger partial charge in [-0.15, -0.1) is 0 Å². The number of nitrogens with zero attached hydrogens (tertiary/aromatic N) is 4. The molecular weight excluding hydrogens is 390 g/mol. The van der Waals surface area contributed by atoms with E-state index in [0.717, 1.165) is 24.2 Å². The Morgan fingerprint density at radius 3 is 2.74 bits per heavy atom. The Morgan fingerprint density at radius 1 is 1.13 bits per heavy atom. The van der Waals surface area contributed by atoms with Gasteiger partial charge in [0.1, 0.15) is 11.2 Å². The zero-order chi connectivity index (χ0) is 21.4. The van der Waals surface area contributed by atoms with Crippen LogP contribution in [0.5, 0.6) is 0 Å². The quantitative estimate of drug-likeness (QED) is 0.556. The molecule has 7 heteroatoms. The number of benzene rings is 2. The molecule has 0 saturated carbocycles. The molecule has 0 fully saturated rings. The monoisotopic (exact) mass is 413 g/mol. The summed E-state index contributed by atoms with van der Waals surface area (Å²) in [6, 6.07) is 17.8. The largest absolute Gasteiger partial charge is 0.310 e. The van der Waals surface area contributed by atoms with Gasteiger partial charge >= 0.3 is 0 Å². The summed E-state index contributed by atoms with van der Waals surface area (Å²) in [5.41, 5.74) is 3.27. The van der Waals surface area contributed by atoms with E-state index in [-0.39, 0.29) is 23.9 Å². The zero-order valence-corrected chi connectivity index (χ0v) is 17.3. The van der Waals surface area contributed by atoms with E-state index in [1.165, 1.54) is 11.8 Å². The number of aromatic nitrogens is 4. The number of H-pyrrole nitrogens is 1. The molecule has 0 saturated heterocycles. The van der Waals surface area contributed by atoms with Gasteiger partial charge in [-0.1, -0.05) is 36.4 Å². The summed E-state index contributed by atoms with van der Waals surface area (Å²) in [5.74, 6) is 0.528. The Hall–Kier alpha value is -3.74. The normalized spacial score (nSPS) is 15.8. The second-order valence-electron chi connectivity index (χ2n) is 7.92. The third-order valence-electron chi connectivity index (χ3n) is 5.86. The fourth-order valence-corrected chi connectivity index (χ4v) is 4.25. The number of carbonyl (C=O) groups is 1. The van der Waals surface area contributed by atoms with Crippen LogP contribution in [0.2, 0.25) is 0 Å². The second kappa shape index (κ2) is 7.83. The van der Waals surface area contributed by atoms with E-state index in [1.54, 1.807) is 4.68 Å². The number of anilines is 1. The molecule has 31 heavy (non-hydrogen) atoms. The van der Waals surface area contributed by atoms with Crippen LogP contribution >= 0.6 is 0 Å². The average Bonchev–Trinajstić information content (AvgIpc) is 3.22. The highest BCUT2D eigenvalue weighted by Gasteiger charge is 2.27. The van der Waals surface area contributed by atoms with Crippen LogP contribution in [-0.4, -0.2) is 31.7 Å². The van der Waals surface area contributed by atoms with Crippen molar-refractivity contribution in [3.05, 3.63) is 82.5 Å². The smallest absolute Gasteiger partial charge is 0.262 e. The lowest BCUT2D eigenvalue weighted by molar-refractivity contribution is -0.119. The molecule has 1 atom stereocenters. The molecule has 1 aliphatic rings. The third-order valence-corrected chi connectivity index (χ3v) is 5.86. The minimum Gasteiger partial charge on any atom is -0.310 e. The molecule has 0 spiro atoms. The van der Waals surface area contributed by atoms with Crippen molar-refractivity contribution in [3.8, 4) is 5.69 Å². The molecule has 156 valence electrons. The van der Waals surface area contributed by atoms with Crippen LogP contribution in [0.3, 0.4) is 0 Å². The lowest BCUT2D eigenvalue weighted by Gasteiger charge is -2.35. The topological polar surface area (TPSA) is 83.9 Å². The van der Waals surface area contributed by atoms with Gasteiger partial charge in [0.25, 0.3) is 5.56 Å². The van der Waals surface area contributed by atoms with Crippen molar-refractivity contribution >= 4 is 22.6 Å². The number of aromatic amines is 1. The summed E-state index contributed by atoms with van der Waals surface area (Å²) in [4.78, 5) is 35.0. The van der Waals surface area contributed by atoms with E-state index < -0.39 is 0 Å². The molecule has 0 unspecified atom stereocenters. The van der Waals surface area contributed by atoms with E-state index in [0.29, 0.717) is 23.3 Å². The van der Waals surface area contributed by atoms with Gasteiger partial charge in [0.05, 0.1) is 11.9 Å². The minimum atomic E-state index is -0.244. The standard InChI is InChI=1S/C24H23N5O2/c1-16-11-12-17-7-5-6-10-20(17)28(16)22(30)14-13-21-26-23-19(24(31)27-21)15-25-29(23)18-8-3-2-4-9-18/h2-10,15-16H,11-14H2,1H3,(H,26,27,31)/t16-/m0/s1. The van der Waals surface area contributed by atoms with Gasteiger partial charge in [0.2, 0.25) is 5.91 Å². The molecule has 3 heterocycles. The predicted molar refractivity (Wildman–Crippen MR) is 120 cm³/mol. The van der Waals surface area contributed by atoms with Crippen LogP contribution in [-0.2, 0) is 17.6 Å². The first-order valence-electron chi connectivity index (χ1n) is 10.5. The molecule has 5 rings (SSSR count). The number of carbonyl (C=O) groups excluding carboxylic acids is 1. The summed E-state index contributed by atoms with van der Waals surface area (Å²) in [5, 5.41) is 4.76. The summed E-state index contributed by atoms with van der Waals surface area (Å²) in [7, 11) is 0. The Labute approximate surface area is 179 Å². The van der Waals surface area contributed by atoms with Gasteiger partial charge in [-0.2, -0.15) is 5.10 Å². The molecule has 2 aromatic heterocycles. The lowest BCUT2D eigenvalue weighted by atomic mass is 9.96. The molecule has 1 N–H and O–H groups in total. The Morgan fingerprint density at radius 2 is 1.90 bits per heavy atom. The fraction of sp³-hybridized carbons (Fsp3) is 0.250. The average molecular weight is 413 g/mol. The molecule has 0 bridgehead atoms. The highest BCUT2D eigenvalue weighted by molar-refractivity contribution is 5.95. The molecule has 0 radical (unpaired) electrons. The van der Waals surface area contributed by atoms with Crippen molar-refractivity contribution in [2.75, 3.05) is 4.90 Å². The van der Waals surface area contributed by atoms with E-state index in [1.807, 2.05) is 53.4 Å². The van der Waals surface area contributed by atoms with Crippen LogP contribution < -0.4 is 10.5 Å². The predicted octanol–water partition coefficient (Wildman–Crippen LogP) is 3.41. The summed E-state index contributed by atoms with van der Waals surface area (Å²) >= 11 is 0. The van der Waals surface area contributed by atoms with Crippen molar-refractivity contribution in [3.63, 3.8) is 0 Å². The first kappa shape index (κ1) is 19.2. The number of para-hydroxylation sites is 2. The molecule has 1 amide bonds. The Bertz CT molecular complexity index is 1310. The molecule has 1 aliphatic heterocycles. The van der Waals surface area contributed by atoms with Crippen molar-refractivity contribution in [2.24, 2.45) is 0 Å². The van der Waals surface area contributed by atoms with Crippen LogP contribution in [0.25, 0.3) is 16.7 Å². The maximum absolute atomic E-state index is 13.1. The van der Waals surface area contributed by atoms with E-state index >= 15 is 0 Å². The second-order valence-corrected chi connectivity index (χ2v) is 7.92. The molecule has 0 aliphatic carbocycles. The first-order valence-corrected chi connectivity index (χ1v) is 10.5. The minimum absolute atomic E-state index is 0.0407. The number of hydrogen-bond acceptors (Lipinski definition) is 4. The van der Waals surface area contributed by atoms with E-state index in [2.05, 4.69) is 28.1 Å². The van der Waals surface area contributed by atoms with Crippen molar-refractivity contribution in [1.82, 2.24) is 19.7 Å². The van der Waals surface area contributed by atoms with Crippen LogP contribution in [0.1, 0.15) is 31.2 Å². The van der Waals surface area contributed by atoms with Gasteiger partial charge in [-0.3, -0.25) is 9.59 Å². The summed E-state index contributed by atoms with van der Waals surface area (Å²) in [6.07, 6.45) is 4.08. The van der Waals surface area contributed by atoms with Crippen LogP contribution in [0.4, 0.5) is 5.69 Å². The van der Waals surface area contributed by atoms with Crippen LogP contribution in [0.15, 0.2) is 65.6 Å². The SMILES string of the molecule is C[C@H]1CCc2ccccc2N1C(=O)CCc1nc2c(cnn2-c2ccccc2)c(=O)[nH]1. The number of hydrogen-bond donors (Lipinski definition) is 1. The maximum Gasteiger partial charge on any atom is 0.262 e. The van der Waals surface area contributed by atoms with E-state index in [4.69, 9.17) is 0 Å². The van der Waals surface area contributed by atoms with Gasteiger partial charge in [0, 0.05) is 24.6 Å². The number of amides is 1. The van der Waals surface area contributed by atoms with Gasteiger partial charge < -0.3 is 9.88 Å². The maximum atomic E-state index is 13.1. The molecule has 7 nitrogen and oxygen atoms in total. The third kappa shape index (κ3) is 3.52. The molecule has 2 aromatic carbocycles. The number of fused-ring (bicyclic) bond motifs is 2. The first-order chi connectivity index (χ1) is 15.1. The van der Waals surface area contributed by atoms with Crippen LogP contribution in [0, 0.1) is 0 Å². The summed E-state index contributed by atoms with van der Waals surface area (Å²) in [6.45, 7) is 2.08. The summed E-state index contributed by atoms with van der Waals surface area (Å²) < 4.78 is 1.65. The Balaban J connectivity index is 1.41. The van der Waals surface area contributed by atoms with Crippen molar-refractivity contribution in [1.29, 1.82) is 0 Å². The number of nitrogens with one attached hydrogen (secondary N) is 1. The number of aryl methyl sites for hydroxylation is 2. The highest BCUT2D eigenvalue weighted by atomic mass is 16.2. The van der Waals surface area contributed by atoms with Gasteiger partial charge in [0.15, 0.2) is 5.65 Å². The Kier molecular flexibility index (Phi) is 4.86. The number of rotatable bonds is 4. The fourth-order valence-electron chi connectivity index (χ4n) is 4.25. The van der Waals surface area contributed by atoms with Gasteiger partial charge in [-0.05, 0) is 43.5 Å². The van der Waals surface area contributed by atoms with Crippen molar-refractivity contribution in [2.45, 2.75) is 38.6 Å². The molecular formula is C24H23N5O2. The van der Waals surface area contributed by atoms with Crippen molar-refractivity contribution < 1.29 is 4.79 Å². The highest BCUT2D eigenvalue weighted by Crippen LogP contribution is 2.31. The zero-order valence-electron chi connectivity index (χ0n) is 17.3. The van der Waals surface area contributed by atoms with E-state index in [9.17, 15) is 9.59 Å². The lowest BCUT2D eigenvalue weighted by Crippen LogP contribution is -2.42. The molecule has 4 aromatic rings.